The van der Waals surface area contributed by atoms with Crippen molar-refractivity contribution in [2.24, 2.45) is 4.99 Å². The number of rotatable bonds is 3. The molecule has 0 aromatic carbocycles. The third-order valence-electron chi connectivity index (χ3n) is 3.65. The lowest BCUT2D eigenvalue weighted by atomic mass is 9.96. The molecule has 16 heavy (non-hydrogen) atoms. The predicted octanol–water partition coefficient (Wildman–Crippen LogP) is 3.13. The van der Waals surface area contributed by atoms with Crippen LogP contribution < -0.4 is 5.32 Å². The summed E-state index contributed by atoms with van der Waals surface area (Å²) in [6.07, 6.45) is 5.03. The number of nitrogens with one attached hydrogen (secondary N) is 1. The quantitative estimate of drug-likeness (QED) is 0.841. The lowest BCUT2D eigenvalue weighted by molar-refractivity contribution is 0.407. The highest BCUT2D eigenvalue weighted by atomic mass is 32.2. The molecule has 0 bridgehead atoms. The second-order valence-electron chi connectivity index (χ2n) is 4.71. The highest BCUT2D eigenvalue weighted by Crippen LogP contribution is 2.30. The maximum Gasteiger partial charge on any atom is 0.157 e. The zero-order chi connectivity index (χ0) is 11.4. The number of amidine groups is 1. The molecule has 2 fully saturated rings. The number of nitrogens with zero attached hydrogens (tertiary/aromatic N) is 1. The Morgan fingerprint density at radius 3 is 2.81 bits per heavy atom. The maximum atomic E-state index is 4.87. The monoisotopic (exact) mass is 258 g/mol. The van der Waals surface area contributed by atoms with Gasteiger partial charge in [0.25, 0.3) is 0 Å². The molecule has 0 aliphatic carbocycles. The summed E-state index contributed by atoms with van der Waals surface area (Å²) in [4.78, 5) is 4.87. The summed E-state index contributed by atoms with van der Waals surface area (Å²) in [5, 5.41) is 4.86. The molecule has 2 nitrogen and oxygen atoms in total. The smallest absolute Gasteiger partial charge is 0.157 e. The minimum Gasteiger partial charge on any atom is -0.359 e. The first-order valence-corrected chi connectivity index (χ1v) is 8.48. The largest absolute Gasteiger partial charge is 0.359 e. The summed E-state index contributed by atoms with van der Waals surface area (Å²) >= 11 is 3.98. The van der Waals surface area contributed by atoms with Crippen LogP contribution in [-0.4, -0.2) is 34.0 Å². The van der Waals surface area contributed by atoms with Crippen molar-refractivity contribution in [3.05, 3.63) is 0 Å². The second-order valence-corrected chi connectivity index (χ2v) is 6.82. The molecule has 0 amide bonds. The van der Waals surface area contributed by atoms with Crippen molar-refractivity contribution in [2.75, 3.05) is 17.3 Å². The Bertz CT molecular complexity index is 256. The van der Waals surface area contributed by atoms with E-state index >= 15 is 0 Å². The van der Waals surface area contributed by atoms with Crippen LogP contribution in [-0.2, 0) is 0 Å². The number of aliphatic imine (C=N–C) groups is 1. The summed E-state index contributed by atoms with van der Waals surface area (Å²) in [5.74, 6) is 3.74. The van der Waals surface area contributed by atoms with E-state index in [1.54, 1.807) is 0 Å². The predicted molar refractivity (Wildman–Crippen MR) is 76.7 cm³/mol. The van der Waals surface area contributed by atoms with Gasteiger partial charge in [0.2, 0.25) is 0 Å². The molecule has 0 spiro atoms. The van der Waals surface area contributed by atoms with Gasteiger partial charge in [0.15, 0.2) is 5.17 Å². The first-order chi connectivity index (χ1) is 7.78. The van der Waals surface area contributed by atoms with Gasteiger partial charge in [-0.15, -0.1) is 0 Å². The van der Waals surface area contributed by atoms with Crippen LogP contribution in [0.3, 0.4) is 0 Å². The van der Waals surface area contributed by atoms with Gasteiger partial charge in [-0.05, 0) is 31.4 Å². The van der Waals surface area contributed by atoms with Crippen LogP contribution in [0, 0.1) is 0 Å². The van der Waals surface area contributed by atoms with Crippen LogP contribution in [0.15, 0.2) is 4.99 Å². The first-order valence-electron chi connectivity index (χ1n) is 6.34. The second kappa shape index (κ2) is 5.67. The molecule has 0 saturated carbocycles. The molecular weight excluding hydrogens is 236 g/mol. The molecule has 0 radical (unpaired) electrons. The van der Waals surface area contributed by atoms with Gasteiger partial charge >= 0.3 is 0 Å². The van der Waals surface area contributed by atoms with Crippen molar-refractivity contribution >= 4 is 28.7 Å². The molecule has 0 aromatic heterocycles. The molecule has 1 atom stereocenters. The van der Waals surface area contributed by atoms with Gasteiger partial charge in [-0.25, -0.2) is 0 Å². The molecule has 2 aliphatic heterocycles. The van der Waals surface area contributed by atoms with Crippen LogP contribution in [0.2, 0.25) is 0 Å². The molecule has 2 heterocycles. The zero-order valence-electron chi connectivity index (χ0n) is 10.3. The van der Waals surface area contributed by atoms with Gasteiger partial charge in [-0.2, -0.15) is 11.8 Å². The average molecular weight is 258 g/mol. The highest BCUT2D eigenvalue weighted by molar-refractivity contribution is 8.14. The Hall–Kier alpha value is 0.170. The van der Waals surface area contributed by atoms with E-state index in [-0.39, 0.29) is 0 Å². The summed E-state index contributed by atoms with van der Waals surface area (Å²) in [5.41, 5.74) is 0.325. The van der Waals surface area contributed by atoms with Crippen molar-refractivity contribution in [1.29, 1.82) is 0 Å². The molecule has 92 valence electrons. The molecule has 2 aliphatic rings. The van der Waals surface area contributed by atoms with Crippen LogP contribution >= 0.6 is 23.5 Å². The van der Waals surface area contributed by atoms with Crippen LogP contribution in [0.25, 0.3) is 0 Å². The fourth-order valence-corrected chi connectivity index (χ4v) is 4.65. The first kappa shape index (κ1) is 12.6. The standard InChI is InChI=1S/C12H22N2S2/c1-3-12(4-2)9-16-11(14-12)13-10-6-5-7-15-8-10/h10H,3-9H2,1-2H3,(H,13,14). The van der Waals surface area contributed by atoms with Crippen molar-refractivity contribution in [3.63, 3.8) is 0 Å². The van der Waals surface area contributed by atoms with Gasteiger partial charge in [0.05, 0.1) is 6.04 Å². The fourth-order valence-electron chi connectivity index (χ4n) is 2.20. The van der Waals surface area contributed by atoms with E-state index < -0.39 is 0 Å². The van der Waals surface area contributed by atoms with Crippen molar-refractivity contribution in [1.82, 2.24) is 5.32 Å². The van der Waals surface area contributed by atoms with Crippen LogP contribution in [0.4, 0.5) is 0 Å². The lowest BCUT2D eigenvalue weighted by Gasteiger charge is -2.25. The average Bonchev–Trinajstić information content (AvgIpc) is 2.75. The Balaban J connectivity index is 1.93. The molecule has 2 rings (SSSR count). The summed E-state index contributed by atoms with van der Waals surface area (Å²) < 4.78 is 0. The molecule has 2 saturated heterocycles. The van der Waals surface area contributed by atoms with E-state index in [0.29, 0.717) is 11.6 Å². The van der Waals surface area contributed by atoms with E-state index in [2.05, 4.69) is 30.9 Å². The topological polar surface area (TPSA) is 24.4 Å². The maximum absolute atomic E-state index is 4.87. The number of thioether (sulfide) groups is 2. The van der Waals surface area contributed by atoms with Gasteiger partial charge in [0.1, 0.15) is 0 Å². The lowest BCUT2D eigenvalue weighted by Crippen LogP contribution is -2.42. The van der Waals surface area contributed by atoms with E-state index in [1.807, 2.05) is 11.8 Å². The third kappa shape index (κ3) is 2.89. The van der Waals surface area contributed by atoms with Gasteiger partial charge in [-0.1, -0.05) is 25.6 Å². The molecule has 0 aromatic rings. The summed E-state index contributed by atoms with van der Waals surface area (Å²) in [6.45, 7) is 4.55. The third-order valence-corrected chi connectivity index (χ3v) is 6.02. The van der Waals surface area contributed by atoms with E-state index in [1.165, 1.54) is 48.1 Å². The van der Waals surface area contributed by atoms with Crippen LogP contribution in [0.5, 0.6) is 0 Å². The van der Waals surface area contributed by atoms with Crippen molar-refractivity contribution < 1.29 is 0 Å². The highest BCUT2D eigenvalue weighted by Gasteiger charge is 2.34. The van der Waals surface area contributed by atoms with E-state index in [9.17, 15) is 0 Å². The van der Waals surface area contributed by atoms with E-state index in [4.69, 9.17) is 4.99 Å². The summed E-state index contributed by atoms with van der Waals surface area (Å²) in [6, 6.07) is 0.568. The van der Waals surface area contributed by atoms with E-state index in [0.717, 1.165) is 0 Å². The SMILES string of the molecule is CCC1(CC)CSC(=NC2CCCSC2)N1. The summed E-state index contributed by atoms with van der Waals surface area (Å²) in [7, 11) is 0. The Labute approximate surface area is 107 Å². The van der Waals surface area contributed by atoms with Crippen molar-refractivity contribution in [2.45, 2.75) is 51.1 Å². The Morgan fingerprint density at radius 1 is 1.44 bits per heavy atom. The van der Waals surface area contributed by atoms with Crippen molar-refractivity contribution in [3.8, 4) is 0 Å². The Kier molecular flexibility index (Phi) is 4.48. The molecular formula is C12H22N2S2. The van der Waals surface area contributed by atoms with Gasteiger partial charge in [-0.3, -0.25) is 4.99 Å². The molecule has 4 heteroatoms. The normalized spacial score (nSPS) is 31.6. The number of hydrogen-bond donors (Lipinski definition) is 1. The minimum atomic E-state index is 0.325. The zero-order valence-corrected chi connectivity index (χ0v) is 11.9. The minimum absolute atomic E-state index is 0.325. The van der Waals surface area contributed by atoms with Gasteiger partial charge in [0, 0.05) is 17.0 Å². The van der Waals surface area contributed by atoms with Gasteiger partial charge < -0.3 is 5.32 Å². The number of hydrogen-bond acceptors (Lipinski definition) is 3. The Morgan fingerprint density at radius 2 is 2.25 bits per heavy atom. The van der Waals surface area contributed by atoms with Crippen LogP contribution in [0.1, 0.15) is 39.5 Å². The molecule has 1 unspecified atom stereocenters. The molecule has 1 N–H and O–H groups in total. The fraction of sp³-hybridized carbons (Fsp3) is 0.917.